The Kier molecular flexibility index (Phi) is 14.6. The largest absolute Gasteiger partial charge is 0.481 e. The fourth-order valence-electron chi connectivity index (χ4n) is 11.7. The van der Waals surface area contributed by atoms with E-state index in [1.807, 2.05) is 0 Å². The molecule has 4 N–H and O–H groups in total. The van der Waals surface area contributed by atoms with Gasteiger partial charge in [0.25, 0.3) is 0 Å². The van der Waals surface area contributed by atoms with Crippen molar-refractivity contribution >= 4 is 42.7 Å². The summed E-state index contributed by atoms with van der Waals surface area (Å²) in [5.41, 5.74) is 0.123. The number of carboxylic acids is 3. The zero-order chi connectivity index (χ0) is 39.9. The van der Waals surface area contributed by atoms with E-state index in [1.165, 1.54) is 4.90 Å². The molecule has 5 rings (SSSR count). The molecule has 15 heteroatoms. The number of rotatable bonds is 24. The third-order valence-electron chi connectivity index (χ3n) is 14.4. The van der Waals surface area contributed by atoms with Crippen molar-refractivity contribution in [3.63, 3.8) is 0 Å². The van der Waals surface area contributed by atoms with Gasteiger partial charge < -0.3 is 39.8 Å². The molecule has 5 fully saturated rings. The number of carboxylic acid groups (broad SMARTS) is 3. The Hall–Kier alpha value is -3.27. The predicted octanol–water partition coefficient (Wildman–Crippen LogP) is 2.19. The summed E-state index contributed by atoms with van der Waals surface area (Å²) in [5, 5.41) is 31.1. The van der Waals surface area contributed by atoms with Crippen LogP contribution >= 0.6 is 0 Å². The highest BCUT2D eigenvalue weighted by Gasteiger charge is 2.75. The van der Waals surface area contributed by atoms with Crippen molar-refractivity contribution in [2.75, 3.05) is 52.4 Å². The molecule has 1 heterocycles. The minimum atomic E-state index is -1.18. The monoisotopic (exact) mass is 774 g/mol. The zero-order valence-corrected chi connectivity index (χ0v) is 32.5. The van der Waals surface area contributed by atoms with Crippen LogP contribution in [0, 0.1) is 40.9 Å². The number of nitrogens with zero attached hydrogens (tertiary/aromatic N) is 3. The summed E-state index contributed by atoms with van der Waals surface area (Å²) in [4.78, 5) is 86.7. The maximum atomic E-state index is 13.4. The molecule has 4 saturated carbocycles. The maximum absolute atomic E-state index is 13.4. The van der Waals surface area contributed by atoms with Crippen LogP contribution in [0.5, 0.6) is 0 Å². The number of hydrogen-bond acceptors (Lipinski definition) is 11. The fraction of sp³-hybridized carbons (Fsp3) is 0.825. The first-order valence-electron chi connectivity index (χ1n) is 20.4. The van der Waals surface area contributed by atoms with E-state index in [0.717, 1.165) is 57.7 Å². The highest BCUT2D eigenvalue weighted by molar-refractivity contribution is 5.77. The van der Waals surface area contributed by atoms with Gasteiger partial charge in [0.15, 0.2) is 0 Å². The van der Waals surface area contributed by atoms with Crippen LogP contribution < -0.4 is 5.32 Å². The summed E-state index contributed by atoms with van der Waals surface area (Å²) in [5.74, 6) is -0.229. The fourth-order valence-corrected chi connectivity index (χ4v) is 11.7. The van der Waals surface area contributed by atoms with E-state index < -0.39 is 37.0 Å². The Bertz CT molecular complexity index is 1390. The Morgan fingerprint density at radius 1 is 0.800 bits per heavy atom. The van der Waals surface area contributed by atoms with Crippen molar-refractivity contribution < 1.29 is 53.6 Å². The Balaban J connectivity index is 1.15. The SMILES string of the molecule is CC(CCC(=O)O)[C@H]1CCC2C3CC[C@@H]4C[C@H](NC(=O)CC[C@@H](C=O)N(CCN(CC=O)CC=O)CCN(CC(=O)O)CC(=O)O)CC[C@]4(C)C3C[C@@H]3O[C@@]231. The molecule has 1 aliphatic heterocycles. The summed E-state index contributed by atoms with van der Waals surface area (Å²) in [6, 6.07) is -0.681. The van der Waals surface area contributed by atoms with Crippen LogP contribution in [0.4, 0.5) is 0 Å². The highest BCUT2D eigenvalue weighted by atomic mass is 16.6. The number of fused-ring (bicyclic) bond motifs is 4. The van der Waals surface area contributed by atoms with Gasteiger partial charge in [0.1, 0.15) is 24.5 Å². The molecular formula is C40H62N4O11. The van der Waals surface area contributed by atoms with Gasteiger partial charge in [-0.2, -0.15) is 0 Å². The lowest BCUT2D eigenvalue weighted by Crippen LogP contribution is -2.56. The molecule has 4 aliphatic carbocycles. The average Bonchev–Trinajstić information content (AvgIpc) is 3.73. The first kappa shape index (κ1) is 42.9. The second kappa shape index (κ2) is 18.8. The topological polar surface area (TPSA) is 214 Å². The minimum Gasteiger partial charge on any atom is -0.481 e. The van der Waals surface area contributed by atoms with Crippen LogP contribution in [0.3, 0.4) is 0 Å². The van der Waals surface area contributed by atoms with Crippen molar-refractivity contribution in [3.8, 4) is 0 Å². The zero-order valence-electron chi connectivity index (χ0n) is 32.5. The van der Waals surface area contributed by atoms with Crippen LogP contribution in [0.1, 0.15) is 90.9 Å². The van der Waals surface area contributed by atoms with Gasteiger partial charge in [0.05, 0.1) is 38.3 Å². The summed E-state index contributed by atoms with van der Waals surface area (Å²) in [6.07, 6.45) is 12.0. The number of carbonyl (C=O) groups is 7. The molecule has 0 radical (unpaired) electrons. The molecule has 4 unspecified atom stereocenters. The van der Waals surface area contributed by atoms with Gasteiger partial charge in [-0.25, -0.2) is 0 Å². The van der Waals surface area contributed by atoms with Crippen LogP contribution in [0.2, 0.25) is 0 Å². The van der Waals surface area contributed by atoms with Gasteiger partial charge in [-0.15, -0.1) is 0 Å². The Labute approximate surface area is 323 Å². The van der Waals surface area contributed by atoms with Crippen molar-refractivity contribution in [1.82, 2.24) is 20.0 Å². The number of epoxide rings is 1. The molecule has 0 bridgehead atoms. The summed E-state index contributed by atoms with van der Waals surface area (Å²) < 4.78 is 6.69. The minimum absolute atomic E-state index is 0.0133. The normalized spacial score (nSPS) is 33.1. The van der Waals surface area contributed by atoms with E-state index in [0.29, 0.717) is 54.5 Å². The number of nitrogens with one attached hydrogen (secondary N) is 1. The molecule has 55 heavy (non-hydrogen) atoms. The molecule has 1 amide bonds. The Morgan fingerprint density at radius 2 is 1.47 bits per heavy atom. The van der Waals surface area contributed by atoms with Gasteiger partial charge in [-0.3, -0.25) is 33.9 Å². The quantitative estimate of drug-likeness (QED) is 0.0818. The van der Waals surface area contributed by atoms with Crippen molar-refractivity contribution in [1.29, 1.82) is 0 Å². The molecule has 1 saturated heterocycles. The summed E-state index contributed by atoms with van der Waals surface area (Å²) >= 11 is 0. The first-order chi connectivity index (χ1) is 26.2. The van der Waals surface area contributed by atoms with Crippen LogP contribution in [0.15, 0.2) is 0 Å². The lowest BCUT2D eigenvalue weighted by Gasteiger charge is -2.58. The van der Waals surface area contributed by atoms with Crippen LogP contribution in [-0.4, -0.2) is 149 Å². The second-order valence-corrected chi connectivity index (χ2v) is 17.4. The van der Waals surface area contributed by atoms with Gasteiger partial charge in [0, 0.05) is 45.1 Å². The average molecular weight is 775 g/mol. The lowest BCUT2D eigenvalue weighted by molar-refractivity contribution is -0.142. The number of ether oxygens (including phenoxy) is 1. The van der Waals surface area contributed by atoms with Crippen LogP contribution in [0.25, 0.3) is 0 Å². The van der Waals surface area contributed by atoms with Gasteiger partial charge in [-0.05, 0) is 105 Å². The summed E-state index contributed by atoms with van der Waals surface area (Å²) in [6.45, 7) is 4.40. The van der Waals surface area contributed by atoms with Gasteiger partial charge in [0.2, 0.25) is 5.91 Å². The van der Waals surface area contributed by atoms with E-state index in [-0.39, 0.29) is 87.6 Å². The maximum Gasteiger partial charge on any atom is 0.317 e. The molecule has 0 aromatic rings. The first-order valence-corrected chi connectivity index (χ1v) is 20.4. The smallest absolute Gasteiger partial charge is 0.317 e. The van der Waals surface area contributed by atoms with E-state index >= 15 is 0 Å². The Morgan fingerprint density at radius 3 is 2.09 bits per heavy atom. The number of carbonyl (C=O) groups excluding carboxylic acids is 4. The van der Waals surface area contributed by atoms with Gasteiger partial charge >= 0.3 is 17.9 Å². The summed E-state index contributed by atoms with van der Waals surface area (Å²) in [7, 11) is 0. The van der Waals surface area contributed by atoms with E-state index in [4.69, 9.17) is 4.74 Å². The molecule has 1 spiro atoms. The van der Waals surface area contributed by atoms with E-state index in [1.54, 1.807) is 9.80 Å². The van der Waals surface area contributed by atoms with E-state index in [2.05, 4.69) is 19.2 Å². The number of aldehydes is 3. The molecule has 0 aromatic carbocycles. The number of hydrogen-bond donors (Lipinski definition) is 4. The molecular weight excluding hydrogens is 712 g/mol. The predicted molar refractivity (Wildman–Crippen MR) is 199 cm³/mol. The number of amides is 1. The van der Waals surface area contributed by atoms with Crippen molar-refractivity contribution in [3.05, 3.63) is 0 Å². The molecule has 0 aromatic heterocycles. The standard InChI is InChI=1S/C40H62N4O11/c1-26(3-10-36(49)50)31-7-8-32-30-6-4-27-21-28(11-12-39(27,2)33(30)22-34-40(31,32)55-34)41-35(48)9-5-29(25-47)44(15-13-42(17-19-45)18-20-46)16-14-43(23-37(51)52)24-38(53)54/h19-20,25-34H,3-18,21-24H2,1-2H3,(H,41,48)(H,49,50)(H,51,52)(H,53,54)/t26?,27-,28-,29+,30?,31-,32?,33?,34+,39+,40+/m1/s1. The highest BCUT2D eigenvalue weighted by Crippen LogP contribution is 2.72. The molecule has 308 valence electrons. The molecule has 5 aliphatic rings. The number of aliphatic carboxylic acids is 3. The van der Waals surface area contributed by atoms with Crippen LogP contribution in [-0.2, 0) is 38.3 Å². The molecule has 15 nitrogen and oxygen atoms in total. The third kappa shape index (κ3) is 10.0. The molecule has 11 atom stereocenters. The van der Waals surface area contributed by atoms with Crippen molar-refractivity contribution in [2.24, 2.45) is 40.9 Å². The van der Waals surface area contributed by atoms with E-state index in [9.17, 15) is 48.9 Å². The second-order valence-electron chi connectivity index (χ2n) is 17.4. The lowest BCUT2D eigenvalue weighted by atomic mass is 9.46. The van der Waals surface area contributed by atoms with Gasteiger partial charge in [-0.1, -0.05) is 13.8 Å². The van der Waals surface area contributed by atoms with Crippen molar-refractivity contribution in [2.45, 2.75) is 115 Å². The third-order valence-corrected chi connectivity index (χ3v) is 14.4.